The molecule has 4 atom stereocenters. The Bertz CT molecular complexity index is 1710. The van der Waals surface area contributed by atoms with Crippen LogP contribution in [0.25, 0.3) is 11.1 Å². The number of allylic oxidation sites excluding steroid dienone is 1. The molecule has 13 heteroatoms. The zero-order valence-corrected chi connectivity index (χ0v) is 22.6. The standard InChI is InChI=1S/C29H23F5N2O5S/c1-41-24-14-23(31)20(19-7-2-3-8-22(19)30)13-21(24)27(37)36-26-16-10-9-15(11-16)25(26)28(38)35-17-5-4-6-18(12-17)42(39,40)29(32,33)34/h2-10,12-16,25-26H,11H2,1H3,(H,35,38)(H,36,37)/t15-,16+,25+,26-/m1/s1. The molecule has 220 valence electrons. The molecule has 0 unspecified atom stereocenters. The van der Waals surface area contributed by atoms with Gasteiger partial charge in [-0.3, -0.25) is 9.59 Å². The van der Waals surface area contributed by atoms with Crippen molar-refractivity contribution in [1.29, 1.82) is 0 Å². The van der Waals surface area contributed by atoms with E-state index in [0.29, 0.717) is 12.5 Å². The van der Waals surface area contributed by atoms with Gasteiger partial charge in [0, 0.05) is 28.9 Å². The van der Waals surface area contributed by atoms with E-state index in [9.17, 15) is 40.0 Å². The number of hydrogen-bond acceptors (Lipinski definition) is 5. The lowest BCUT2D eigenvalue weighted by Gasteiger charge is -2.28. The summed E-state index contributed by atoms with van der Waals surface area (Å²) in [6.45, 7) is 0. The first-order valence-electron chi connectivity index (χ1n) is 12.7. The zero-order chi connectivity index (χ0) is 30.4. The summed E-state index contributed by atoms with van der Waals surface area (Å²) in [6, 6.07) is 10.6. The summed E-state index contributed by atoms with van der Waals surface area (Å²) in [5.41, 5.74) is -6.03. The van der Waals surface area contributed by atoms with E-state index in [1.807, 2.05) is 6.08 Å². The lowest BCUT2D eigenvalue weighted by molar-refractivity contribution is -0.121. The molecule has 2 N–H and O–H groups in total. The predicted octanol–water partition coefficient (Wildman–Crippen LogP) is 5.49. The Morgan fingerprint density at radius 2 is 1.62 bits per heavy atom. The van der Waals surface area contributed by atoms with Gasteiger partial charge in [0.15, 0.2) is 0 Å². The Labute approximate surface area is 237 Å². The van der Waals surface area contributed by atoms with Gasteiger partial charge in [0.1, 0.15) is 17.4 Å². The number of benzene rings is 3. The monoisotopic (exact) mass is 606 g/mol. The summed E-state index contributed by atoms with van der Waals surface area (Å²) in [6.07, 6.45) is 4.14. The van der Waals surface area contributed by atoms with Gasteiger partial charge in [-0.15, -0.1) is 0 Å². The third-order valence-corrected chi connectivity index (χ3v) is 8.96. The second kappa shape index (κ2) is 10.9. The molecule has 0 heterocycles. The molecule has 0 saturated heterocycles. The minimum absolute atomic E-state index is 0.0680. The average Bonchev–Trinajstić information content (AvgIpc) is 3.55. The number of rotatable bonds is 7. The highest BCUT2D eigenvalue weighted by Gasteiger charge is 2.49. The van der Waals surface area contributed by atoms with Crippen molar-refractivity contribution in [3.63, 3.8) is 0 Å². The van der Waals surface area contributed by atoms with E-state index < -0.39 is 55.6 Å². The van der Waals surface area contributed by atoms with Crippen LogP contribution in [0.5, 0.6) is 5.75 Å². The van der Waals surface area contributed by atoms with Gasteiger partial charge < -0.3 is 15.4 Å². The van der Waals surface area contributed by atoms with Crippen molar-refractivity contribution in [1.82, 2.24) is 5.32 Å². The van der Waals surface area contributed by atoms with Crippen molar-refractivity contribution in [2.75, 3.05) is 12.4 Å². The third kappa shape index (κ3) is 5.24. The topological polar surface area (TPSA) is 102 Å². The quantitative estimate of drug-likeness (QED) is 0.274. The molecule has 2 aliphatic rings. The molecule has 0 radical (unpaired) electrons. The molecule has 7 nitrogen and oxygen atoms in total. The van der Waals surface area contributed by atoms with Gasteiger partial charge in [-0.1, -0.05) is 36.4 Å². The number of amides is 2. The highest BCUT2D eigenvalue weighted by molar-refractivity contribution is 7.92. The maximum Gasteiger partial charge on any atom is 0.501 e. The minimum atomic E-state index is -5.64. The fraction of sp³-hybridized carbons (Fsp3) is 0.241. The van der Waals surface area contributed by atoms with Crippen molar-refractivity contribution >= 4 is 27.3 Å². The van der Waals surface area contributed by atoms with Crippen molar-refractivity contribution in [2.45, 2.75) is 22.9 Å². The van der Waals surface area contributed by atoms with E-state index in [0.717, 1.165) is 30.3 Å². The Morgan fingerprint density at radius 3 is 2.31 bits per heavy atom. The number of nitrogens with one attached hydrogen (secondary N) is 2. The first-order chi connectivity index (χ1) is 19.8. The van der Waals surface area contributed by atoms with E-state index in [-0.39, 0.29) is 40.0 Å². The molecule has 5 rings (SSSR count). The molecule has 0 aliphatic heterocycles. The highest BCUT2D eigenvalue weighted by Crippen LogP contribution is 2.45. The van der Waals surface area contributed by atoms with E-state index >= 15 is 0 Å². The number of hydrogen-bond donors (Lipinski definition) is 2. The fourth-order valence-electron chi connectivity index (χ4n) is 5.49. The van der Waals surface area contributed by atoms with Gasteiger partial charge >= 0.3 is 5.51 Å². The van der Waals surface area contributed by atoms with Crippen LogP contribution in [0, 0.1) is 29.4 Å². The second-order valence-electron chi connectivity index (χ2n) is 9.95. The SMILES string of the molecule is COc1cc(F)c(-c2ccccc2F)cc1C(=O)N[C@H]1[C@@H](C(=O)Nc2cccc(S(=O)(=O)C(F)(F)F)c2)[C@@H]2C=C[C@H]1C2. The van der Waals surface area contributed by atoms with Crippen LogP contribution in [0.1, 0.15) is 16.8 Å². The molecule has 0 aromatic heterocycles. The van der Waals surface area contributed by atoms with Crippen LogP contribution in [0.2, 0.25) is 0 Å². The zero-order valence-electron chi connectivity index (χ0n) is 21.8. The van der Waals surface area contributed by atoms with Crippen LogP contribution < -0.4 is 15.4 Å². The van der Waals surface area contributed by atoms with Crippen LogP contribution in [0.3, 0.4) is 0 Å². The summed E-state index contributed by atoms with van der Waals surface area (Å²) in [5, 5.41) is 5.27. The summed E-state index contributed by atoms with van der Waals surface area (Å²) in [7, 11) is -4.40. The van der Waals surface area contributed by atoms with Gasteiger partial charge in [-0.2, -0.15) is 13.2 Å². The van der Waals surface area contributed by atoms with E-state index in [1.54, 1.807) is 6.08 Å². The first kappa shape index (κ1) is 29.2. The van der Waals surface area contributed by atoms with Crippen LogP contribution >= 0.6 is 0 Å². The maximum absolute atomic E-state index is 14.9. The van der Waals surface area contributed by atoms with Gasteiger partial charge in [0.25, 0.3) is 15.7 Å². The summed E-state index contributed by atoms with van der Waals surface area (Å²) in [5.74, 6) is -4.42. The number of fused-ring (bicyclic) bond motifs is 2. The second-order valence-corrected chi connectivity index (χ2v) is 11.9. The predicted molar refractivity (Wildman–Crippen MR) is 142 cm³/mol. The molecule has 2 amide bonds. The summed E-state index contributed by atoms with van der Waals surface area (Å²) >= 11 is 0. The molecule has 1 fully saturated rings. The maximum atomic E-state index is 14.9. The fourth-order valence-corrected chi connectivity index (χ4v) is 6.30. The molecular formula is C29H23F5N2O5S. The molecule has 3 aromatic carbocycles. The van der Waals surface area contributed by atoms with Gasteiger partial charge in [0.05, 0.1) is 23.5 Å². The lowest BCUT2D eigenvalue weighted by Crippen LogP contribution is -2.47. The number of carbonyl (C=O) groups is 2. The number of sulfone groups is 1. The number of anilines is 1. The van der Waals surface area contributed by atoms with Crippen molar-refractivity contribution in [3.8, 4) is 16.9 Å². The van der Waals surface area contributed by atoms with Crippen LogP contribution in [-0.4, -0.2) is 38.9 Å². The van der Waals surface area contributed by atoms with Gasteiger partial charge in [-0.25, -0.2) is 17.2 Å². The molecule has 3 aromatic rings. The number of ether oxygens (including phenoxy) is 1. The van der Waals surface area contributed by atoms with E-state index in [1.165, 1.54) is 31.4 Å². The Hall–Kier alpha value is -4.26. The van der Waals surface area contributed by atoms with Crippen LogP contribution in [0.4, 0.5) is 27.6 Å². The smallest absolute Gasteiger partial charge is 0.496 e. The Balaban J connectivity index is 1.41. The van der Waals surface area contributed by atoms with E-state index in [4.69, 9.17) is 4.74 Å². The normalized spacial score (nSPS) is 21.3. The first-order valence-corrected chi connectivity index (χ1v) is 14.1. The third-order valence-electron chi connectivity index (χ3n) is 7.47. The molecule has 0 spiro atoms. The van der Waals surface area contributed by atoms with Crippen LogP contribution in [0.15, 0.2) is 77.7 Å². The number of alkyl halides is 3. The Kier molecular flexibility index (Phi) is 7.56. The van der Waals surface area contributed by atoms with Crippen molar-refractivity contribution in [2.24, 2.45) is 17.8 Å². The lowest BCUT2D eigenvalue weighted by atomic mass is 9.87. The van der Waals surface area contributed by atoms with Crippen molar-refractivity contribution in [3.05, 3.63) is 90.0 Å². The summed E-state index contributed by atoms with van der Waals surface area (Å²) in [4.78, 5) is 25.8. The van der Waals surface area contributed by atoms with Gasteiger partial charge in [0.2, 0.25) is 5.91 Å². The number of halogens is 5. The summed E-state index contributed by atoms with van der Waals surface area (Å²) < 4.78 is 97.2. The van der Waals surface area contributed by atoms with Crippen molar-refractivity contribution < 1.29 is 44.7 Å². The van der Waals surface area contributed by atoms with Gasteiger partial charge in [-0.05, 0) is 48.6 Å². The van der Waals surface area contributed by atoms with Crippen LogP contribution in [-0.2, 0) is 14.6 Å². The molecular weight excluding hydrogens is 583 g/mol. The Morgan fingerprint density at radius 1 is 0.905 bits per heavy atom. The minimum Gasteiger partial charge on any atom is -0.496 e. The highest BCUT2D eigenvalue weighted by atomic mass is 32.2. The number of methoxy groups -OCH3 is 1. The molecule has 2 aliphatic carbocycles. The molecule has 2 bridgehead atoms. The molecule has 42 heavy (non-hydrogen) atoms. The average molecular weight is 607 g/mol. The molecule has 1 saturated carbocycles. The largest absolute Gasteiger partial charge is 0.501 e. The number of carbonyl (C=O) groups excluding carboxylic acids is 2. The van der Waals surface area contributed by atoms with E-state index in [2.05, 4.69) is 10.6 Å².